The number of rotatable bonds is 47. The summed E-state index contributed by atoms with van der Waals surface area (Å²) in [5.41, 5.74) is 0. The highest BCUT2D eigenvalue weighted by atomic mass is 16.5. The van der Waals surface area contributed by atoms with E-state index < -0.39 is 18.2 Å². The summed E-state index contributed by atoms with van der Waals surface area (Å²) in [6.07, 6.45) is 74.2. The van der Waals surface area contributed by atoms with Crippen molar-refractivity contribution in [2.45, 2.75) is 244 Å². The number of aliphatic hydroxyl groups excluding tert-OH is 2. The number of carbonyl (C=O) groups excluding carboxylic acids is 2. The quantitative estimate of drug-likeness (QED) is 0.0321. The number of allylic oxidation sites excluding steroid dienone is 20. The van der Waals surface area contributed by atoms with Crippen LogP contribution in [0.5, 0.6) is 0 Å². The highest BCUT2D eigenvalue weighted by molar-refractivity contribution is 5.77. The van der Waals surface area contributed by atoms with Crippen molar-refractivity contribution in [2.75, 3.05) is 6.61 Å². The Balaban J connectivity index is 4.76. The summed E-state index contributed by atoms with van der Waals surface area (Å²) >= 11 is 0. The highest BCUT2D eigenvalue weighted by Crippen LogP contribution is 2.16. The van der Waals surface area contributed by atoms with Gasteiger partial charge in [0.25, 0.3) is 0 Å². The van der Waals surface area contributed by atoms with E-state index in [1.807, 2.05) is 6.08 Å². The molecule has 0 saturated carbocycles. The molecule has 0 aliphatic heterocycles. The van der Waals surface area contributed by atoms with Crippen LogP contribution in [0.25, 0.3) is 0 Å². The summed E-state index contributed by atoms with van der Waals surface area (Å²) in [6, 6.07) is -0.743. The Morgan fingerprint density at radius 3 is 1.19 bits per heavy atom. The Kier molecular flexibility index (Phi) is 50.2. The summed E-state index contributed by atoms with van der Waals surface area (Å²) in [4.78, 5) is 26.2. The number of esters is 1. The van der Waals surface area contributed by atoms with Gasteiger partial charge in [-0.1, -0.05) is 239 Å². The van der Waals surface area contributed by atoms with Crippen molar-refractivity contribution in [3.05, 3.63) is 122 Å². The first-order chi connectivity index (χ1) is 33.0. The van der Waals surface area contributed by atoms with Crippen LogP contribution in [0.15, 0.2) is 122 Å². The van der Waals surface area contributed by atoms with E-state index in [1.54, 1.807) is 0 Å². The fourth-order valence-corrected chi connectivity index (χ4v) is 7.51. The monoisotopic (exact) mass is 928 g/mol. The molecule has 0 heterocycles. The van der Waals surface area contributed by atoms with Crippen LogP contribution in [-0.4, -0.2) is 46.9 Å². The van der Waals surface area contributed by atoms with Gasteiger partial charge in [-0.3, -0.25) is 9.59 Å². The van der Waals surface area contributed by atoms with Crippen LogP contribution in [0, 0.1) is 0 Å². The van der Waals surface area contributed by atoms with Crippen LogP contribution in [-0.2, 0) is 14.3 Å². The van der Waals surface area contributed by atoms with Crippen molar-refractivity contribution in [2.24, 2.45) is 0 Å². The molecule has 0 aromatic rings. The van der Waals surface area contributed by atoms with Crippen LogP contribution in [0.1, 0.15) is 226 Å². The highest BCUT2D eigenvalue weighted by Gasteiger charge is 2.23. The predicted octanol–water partition coefficient (Wildman–Crippen LogP) is 16.8. The number of unbranched alkanes of at least 4 members (excludes halogenated alkanes) is 15. The number of nitrogens with one attached hydrogen (secondary N) is 1. The smallest absolute Gasteiger partial charge is 0.306 e. The lowest BCUT2D eigenvalue weighted by Crippen LogP contribution is -2.46. The zero-order chi connectivity index (χ0) is 48.8. The lowest BCUT2D eigenvalue weighted by Gasteiger charge is -2.24. The van der Waals surface area contributed by atoms with Crippen molar-refractivity contribution in [1.29, 1.82) is 0 Å². The van der Waals surface area contributed by atoms with E-state index >= 15 is 0 Å². The summed E-state index contributed by atoms with van der Waals surface area (Å²) in [5, 5.41) is 23.8. The zero-order valence-corrected chi connectivity index (χ0v) is 43.2. The molecule has 0 fully saturated rings. The Hall–Kier alpha value is -3.74. The number of ether oxygens (including phenoxy) is 1. The van der Waals surface area contributed by atoms with E-state index in [0.29, 0.717) is 19.3 Å². The number of carbonyl (C=O) groups is 2. The van der Waals surface area contributed by atoms with Crippen molar-refractivity contribution < 1.29 is 24.5 Å². The number of hydrogen-bond acceptors (Lipinski definition) is 5. The second-order valence-corrected chi connectivity index (χ2v) is 17.9. The van der Waals surface area contributed by atoms with E-state index in [4.69, 9.17) is 4.74 Å². The van der Waals surface area contributed by atoms with Crippen LogP contribution in [0.3, 0.4) is 0 Å². The number of hydrogen-bond donors (Lipinski definition) is 3. The SMILES string of the molecule is CC/C=C\C/C=C\C/C=C\C/C=C\C/C=C\C/C=C\CCC(=O)OC(CCC/C=C/C/C=C/C/C=C/C/C=C/CC)CC(=O)NC(CO)C(O)CCCCCCCCCCCCCCCCC. The van der Waals surface area contributed by atoms with Gasteiger partial charge in [0.05, 0.1) is 25.2 Å². The van der Waals surface area contributed by atoms with Gasteiger partial charge in [0.2, 0.25) is 5.91 Å². The maximum Gasteiger partial charge on any atom is 0.306 e. The molecule has 0 rings (SSSR count). The van der Waals surface area contributed by atoms with Gasteiger partial charge in [-0.25, -0.2) is 0 Å². The molecule has 0 aliphatic rings. The van der Waals surface area contributed by atoms with Gasteiger partial charge in [-0.05, 0) is 96.3 Å². The third-order valence-electron chi connectivity index (χ3n) is 11.5. The zero-order valence-electron chi connectivity index (χ0n) is 43.2. The molecular formula is C61H101NO5. The van der Waals surface area contributed by atoms with Crippen LogP contribution >= 0.6 is 0 Å². The molecule has 1 amide bonds. The molecule has 6 nitrogen and oxygen atoms in total. The Morgan fingerprint density at radius 1 is 0.448 bits per heavy atom. The molecule has 0 aromatic carbocycles. The van der Waals surface area contributed by atoms with Gasteiger partial charge in [-0.2, -0.15) is 0 Å². The summed E-state index contributed by atoms with van der Waals surface area (Å²) < 4.78 is 5.87. The molecule has 67 heavy (non-hydrogen) atoms. The maximum atomic E-state index is 13.2. The molecule has 3 unspecified atom stereocenters. The summed E-state index contributed by atoms with van der Waals surface area (Å²) in [7, 11) is 0. The second kappa shape index (κ2) is 53.2. The first kappa shape index (κ1) is 63.3. The molecule has 0 bridgehead atoms. The molecule has 0 radical (unpaired) electrons. The maximum absolute atomic E-state index is 13.2. The first-order valence-electron chi connectivity index (χ1n) is 27.3. The third-order valence-corrected chi connectivity index (χ3v) is 11.5. The van der Waals surface area contributed by atoms with Crippen molar-refractivity contribution in [3.63, 3.8) is 0 Å². The largest absolute Gasteiger partial charge is 0.462 e. The molecule has 0 saturated heterocycles. The molecule has 0 aliphatic carbocycles. The normalized spacial score (nSPS) is 14.2. The minimum absolute atomic E-state index is 0.00202. The molecule has 3 atom stereocenters. The van der Waals surface area contributed by atoms with Gasteiger partial charge < -0.3 is 20.3 Å². The van der Waals surface area contributed by atoms with E-state index in [2.05, 4.69) is 142 Å². The van der Waals surface area contributed by atoms with E-state index in [-0.39, 0.29) is 31.3 Å². The molecule has 380 valence electrons. The fraction of sp³-hybridized carbons (Fsp3) is 0.639. The summed E-state index contributed by atoms with van der Waals surface area (Å²) in [5.74, 6) is -0.638. The van der Waals surface area contributed by atoms with Gasteiger partial charge >= 0.3 is 5.97 Å². The van der Waals surface area contributed by atoms with Crippen molar-refractivity contribution >= 4 is 11.9 Å². The number of amides is 1. The molecule has 6 heteroatoms. The van der Waals surface area contributed by atoms with Gasteiger partial charge in [0.15, 0.2) is 0 Å². The first-order valence-corrected chi connectivity index (χ1v) is 27.3. The predicted molar refractivity (Wildman–Crippen MR) is 291 cm³/mol. The minimum Gasteiger partial charge on any atom is -0.462 e. The standard InChI is InChI=1S/C61H101NO5/c1-4-7-10-13-16-19-22-25-28-29-30-31-33-36-39-42-45-48-51-54-61(66)67-57(52-49-46-43-40-37-34-27-24-21-18-15-12-9-6-3)55-60(65)62-58(56-63)59(64)53-50-47-44-41-38-35-32-26-23-20-17-14-11-8-5-2/h7,9-10,12,16,18-19,21,25,27-28,30-31,34,36,39-40,43,45,48,57-59,63-64H,4-6,8,11,13-15,17,20,22-24,26,29,32-33,35,37-38,41-42,44,46-47,49-56H2,1-3H3,(H,62,65)/b10-7-,12-9+,19-16-,21-18+,28-25-,31-30-,34-27+,39-36-,43-40+,48-45-. The van der Waals surface area contributed by atoms with Crippen molar-refractivity contribution in [1.82, 2.24) is 5.32 Å². The second-order valence-electron chi connectivity index (χ2n) is 17.9. The lowest BCUT2D eigenvalue weighted by molar-refractivity contribution is -0.150. The average Bonchev–Trinajstić information content (AvgIpc) is 3.32. The van der Waals surface area contributed by atoms with E-state index in [1.165, 1.54) is 77.0 Å². The van der Waals surface area contributed by atoms with Crippen molar-refractivity contribution in [3.8, 4) is 0 Å². The average molecular weight is 928 g/mol. The molecule has 0 spiro atoms. The van der Waals surface area contributed by atoms with Gasteiger partial charge in [0.1, 0.15) is 6.10 Å². The summed E-state index contributed by atoms with van der Waals surface area (Å²) in [6.45, 7) is 6.22. The number of aliphatic hydroxyl groups is 2. The van der Waals surface area contributed by atoms with Crippen LogP contribution in [0.4, 0.5) is 0 Å². The van der Waals surface area contributed by atoms with Crippen LogP contribution < -0.4 is 5.32 Å². The molecule has 3 N–H and O–H groups in total. The third kappa shape index (κ3) is 48.5. The Bertz CT molecular complexity index is 1410. The molecule has 0 aromatic heterocycles. The van der Waals surface area contributed by atoms with E-state index in [9.17, 15) is 19.8 Å². The molecular weight excluding hydrogens is 827 g/mol. The topological polar surface area (TPSA) is 95.9 Å². The van der Waals surface area contributed by atoms with Gasteiger partial charge in [0, 0.05) is 6.42 Å². The fourth-order valence-electron chi connectivity index (χ4n) is 7.51. The lowest BCUT2D eigenvalue weighted by atomic mass is 10.0. The van der Waals surface area contributed by atoms with E-state index in [0.717, 1.165) is 96.3 Å². The Morgan fingerprint density at radius 2 is 0.806 bits per heavy atom. The Labute approximate surface area is 412 Å². The minimum atomic E-state index is -0.823. The van der Waals surface area contributed by atoms with Gasteiger partial charge in [-0.15, -0.1) is 0 Å². The van der Waals surface area contributed by atoms with Crippen LogP contribution in [0.2, 0.25) is 0 Å².